The van der Waals surface area contributed by atoms with E-state index in [0.29, 0.717) is 6.10 Å². The van der Waals surface area contributed by atoms with Gasteiger partial charge >= 0.3 is 0 Å². The molecule has 1 N–H and O–H groups in total. The van der Waals surface area contributed by atoms with Crippen LogP contribution in [0.3, 0.4) is 0 Å². The standard InChI is InChI=1S/C15H29NO/c1-4-10-16-14-7-5-6-12(14)11-13-8-9-15(2,3)17-13/h12-14,16H,4-11H2,1-3H3. The van der Waals surface area contributed by atoms with Gasteiger partial charge in [-0.25, -0.2) is 0 Å². The normalized spacial score (nSPS) is 36.5. The summed E-state index contributed by atoms with van der Waals surface area (Å²) in [5, 5.41) is 3.72. The highest BCUT2D eigenvalue weighted by molar-refractivity contribution is 4.88. The van der Waals surface area contributed by atoms with Crippen molar-refractivity contribution in [3.05, 3.63) is 0 Å². The summed E-state index contributed by atoms with van der Waals surface area (Å²) >= 11 is 0. The van der Waals surface area contributed by atoms with Crippen LogP contribution in [0.4, 0.5) is 0 Å². The van der Waals surface area contributed by atoms with E-state index < -0.39 is 0 Å². The third-order valence-corrected chi connectivity index (χ3v) is 4.44. The summed E-state index contributed by atoms with van der Waals surface area (Å²) in [6.45, 7) is 7.89. The first-order valence-electron chi connectivity index (χ1n) is 7.52. The molecule has 100 valence electrons. The largest absolute Gasteiger partial charge is 0.372 e. The second kappa shape index (κ2) is 5.71. The predicted octanol–water partition coefficient (Wildman–Crippen LogP) is 3.50. The molecule has 0 aromatic rings. The molecule has 2 rings (SSSR count). The van der Waals surface area contributed by atoms with Crippen LogP contribution in [0.5, 0.6) is 0 Å². The lowest BCUT2D eigenvalue weighted by molar-refractivity contribution is -0.0255. The van der Waals surface area contributed by atoms with E-state index in [4.69, 9.17) is 4.74 Å². The maximum atomic E-state index is 6.14. The highest BCUT2D eigenvalue weighted by Crippen LogP contribution is 2.37. The van der Waals surface area contributed by atoms with E-state index >= 15 is 0 Å². The van der Waals surface area contributed by atoms with Gasteiger partial charge in [0.05, 0.1) is 11.7 Å². The quantitative estimate of drug-likeness (QED) is 0.793. The molecule has 0 amide bonds. The van der Waals surface area contributed by atoms with E-state index in [0.717, 1.165) is 12.0 Å². The van der Waals surface area contributed by atoms with Gasteiger partial charge in [0.1, 0.15) is 0 Å². The lowest BCUT2D eigenvalue weighted by Gasteiger charge is -2.25. The van der Waals surface area contributed by atoms with Crippen LogP contribution in [0.2, 0.25) is 0 Å². The van der Waals surface area contributed by atoms with E-state index in [9.17, 15) is 0 Å². The summed E-state index contributed by atoms with van der Waals surface area (Å²) in [5.41, 5.74) is 0.135. The molecule has 0 aromatic carbocycles. The van der Waals surface area contributed by atoms with E-state index in [2.05, 4.69) is 26.1 Å². The Hall–Kier alpha value is -0.0800. The van der Waals surface area contributed by atoms with Crippen LogP contribution in [0.1, 0.15) is 65.7 Å². The van der Waals surface area contributed by atoms with Gasteiger partial charge in [-0.2, -0.15) is 0 Å². The van der Waals surface area contributed by atoms with Crippen LogP contribution in [0.25, 0.3) is 0 Å². The molecule has 2 aliphatic rings. The van der Waals surface area contributed by atoms with Gasteiger partial charge in [-0.3, -0.25) is 0 Å². The van der Waals surface area contributed by atoms with Crippen LogP contribution in [-0.4, -0.2) is 24.3 Å². The first kappa shape index (κ1) is 13.4. The van der Waals surface area contributed by atoms with E-state index in [1.807, 2.05) is 0 Å². The zero-order valence-electron chi connectivity index (χ0n) is 11.8. The Kier molecular flexibility index (Phi) is 4.48. The molecular formula is C15H29NO. The Morgan fingerprint density at radius 2 is 2.06 bits per heavy atom. The minimum Gasteiger partial charge on any atom is -0.372 e. The van der Waals surface area contributed by atoms with Crippen LogP contribution in [0.15, 0.2) is 0 Å². The van der Waals surface area contributed by atoms with Crippen LogP contribution in [-0.2, 0) is 4.74 Å². The number of hydrogen-bond donors (Lipinski definition) is 1. The van der Waals surface area contributed by atoms with Crippen LogP contribution >= 0.6 is 0 Å². The Morgan fingerprint density at radius 1 is 1.24 bits per heavy atom. The van der Waals surface area contributed by atoms with Gasteiger partial charge in [0.15, 0.2) is 0 Å². The van der Waals surface area contributed by atoms with Gasteiger partial charge in [-0.1, -0.05) is 13.3 Å². The molecule has 1 saturated heterocycles. The highest BCUT2D eigenvalue weighted by atomic mass is 16.5. The summed E-state index contributed by atoms with van der Waals surface area (Å²) in [5.74, 6) is 0.862. The predicted molar refractivity (Wildman–Crippen MR) is 72.2 cm³/mol. The molecule has 1 aliphatic carbocycles. The lowest BCUT2D eigenvalue weighted by atomic mass is 9.94. The smallest absolute Gasteiger partial charge is 0.0631 e. The molecule has 17 heavy (non-hydrogen) atoms. The van der Waals surface area contributed by atoms with Crippen molar-refractivity contribution in [2.75, 3.05) is 6.54 Å². The van der Waals surface area contributed by atoms with Crippen molar-refractivity contribution in [3.63, 3.8) is 0 Å². The Bertz CT molecular complexity index is 239. The zero-order chi connectivity index (χ0) is 12.3. The van der Waals surface area contributed by atoms with E-state index in [1.165, 1.54) is 51.5 Å². The summed E-state index contributed by atoms with van der Waals surface area (Å²) in [7, 11) is 0. The Balaban J connectivity index is 1.78. The summed E-state index contributed by atoms with van der Waals surface area (Å²) < 4.78 is 6.14. The topological polar surface area (TPSA) is 21.3 Å². The summed E-state index contributed by atoms with van der Waals surface area (Å²) in [6.07, 6.45) is 9.74. The van der Waals surface area contributed by atoms with Crippen molar-refractivity contribution in [3.8, 4) is 0 Å². The minimum absolute atomic E-state index is 0.135. The van der Waals surface area contributed by atoms with Gasteiger partial charge < -0.3 is 10.1 Å². The third kappa shape index (κ3) is 3.69. The maximum Gasteiger partial charge on any atom is 0.0631 e. The molecule has 0 radical (unpaired) electrons. The van der Waals surface area contributed by atoms with Crippen molar-refractivity contribution in [1.29, 1.82) is 0 Å². The molecule has 3 unspecified atom stereocenters. The fourth-order valence-electron chi connectivity index (χ4n) is 3.50. The number of nitrogens with one attached hydrogen (secondary N) is 1. The molecule has 0 spiro atoms. The first-order valence-corrected chi connectivity index (χ1v) is 7.52. The SMILES string of the molecule is CCCNC1CCCC1CC1CCC(C)(C)O1. The van der Waals surface area contributed by atoms with Crippen molar-refractivity contribution >= 4 is 0 Å². The van der Waals surface area contributed by atoms with E-state index in [-0.39, 0.29) is 5.60 Å². The zero-order valence-corrected chi connectivity index (χ0v) is 11.8. The molecular weight excluding hydrogens is 210 g/mol. The fraction of sp³-hybridized carbons (Fsp3) is 1.00. The third-order valence-electron chi connectivity index (χ3n) is 4.44. The van der Waals surface area contributed by atoms with Gasteiger partial charge in [0.2, 0.25) is 0 Å². The molecule has 1 aliphatic heterocycles. The molecule has 0 aromatic heterocycles. The van der Waals surface area contributed by atoms with Crippen molar-refractivity contribution in [1.82, 2.24) is 5.32 Å². The van der Waals surface area contributed by atoms with Gasteiger partial charge in [0, 0.05) is 6.04 Å². The fourth-order valence-corrected chi connectivity index (χ4v) is 3.50. The molecule has 1 saturated carbocycles. The Labute approximate surface area is 107 Å². The summed E-state index contributed by atoms with van der Waals surface area (Å²) in [6, 6.07) is 0.766. The molecule has 2 heteroatoms. The second-order valence-corrected chi connectivity index (χ2v) is 6.53. The van der Waals surface area contributed by atoms with Gasteiger partial charge in [-0.05, 0) is 64.8 Å². The monoisotopic (exact) mass is 239 g/mol. The Morgan fingerprint density at radius 3 is 2.71 bits per heavy atom. The summed E-state index contributed by atoms with van der Waals surface area (Å²) in [4.78, 5) is 0. The molecule has 2 nitrogen and oxygen atoms in total. The number of ether oxygens (including phenoxy) is 1. The number of rotatable bonds is 5. The lowest BCUT2D eigenvalue weighted by Crippen LogP contribution is -2.34. The highest BCUT2D eigenvalue weighted by Gasteiger charge is 2.35. The molecule has 1 heterocycles. The average Bonchev–Trinajstić information content (AvgIpc) is 2.83. The molecule has 3 atom stereocenters. The van der Waals surface area contributed by atoms with Gasteiger partial charge in [0.25, 0.3) is 0 Å². The first-order chi connectivity index (χ1) is 8.11. The van der Waals surface area contributed by atoms with Gasteiger partial charge in [-0.15, -0.1) is 0 Å². The van der Waals surface area contributed by atoms with Crippen molar-refractivity contribution in [2.45, 2.75) is 83.5 Å². The average molecular weight is 239 g/mol. The van der Waals surface area contributed by atoms with Crippen LogP contribution < -0.4 is 5.32 Å². The van der Waals surface area contributed by atoms with Crippen molar-refractivity contribution < 1.29 is 4.74 Å². The second-order valence-electron chi connectivity index (χ2n) is 6.53. The van der Waals surface area contributed by atoms with E-state index in [1.54, 1.807) is 0 Å². The number of hydrogen-bond acceptors (Lipinski definition) is 2. The minimum atomic E-state index is 0.135. The maximum absolute atomic E-state index is 6.14. The van der Waals surface area contributed by atoms with Crippen LogP contribution in [0, 0.1) is 5.92 Å². The van der Waals surface area contributed by atoms with Crippen molar-refractivity contribution in [2.24, 2.45) is 5.92 Å². The molecule has 2 fully saturated rings. The molecule has 0 bridgehead atoms.